The molecule has 0 bridgehead atoms. The van der Waals surface area contributed by atoms with Crippen LogP contribution in [0.2, 0.25) is 0 Å². The summed E-state index contributed by atoms with van der Waals surface area (Å²) in [6, 6.07) is 6.58. The monoisotopic (exact) mass is 213 g/mol. The van der Waals surface area contributed by atoms with Crippen LogP contribution in [0.15, 0.2) is 18.2 Å². The third-order valence-corrected chi connectivity index (χ3v) is 2.51. The van der Waals surface area contributed by atoms with Crippen molar-refractivity contribution in [1.29, 1.82) is 0 Å². The first-order valence-corrected chi connectivity index (χ1v) is 4.98. The Morgan fingerprint density at radius 3 is 2.14 bits per heavy atom. The molecule has 2 heteroatoms. The molecule has 0 aromatic heterocycles. The van der Waals surface area contributed by atoms with Gasteiger partial charge in [-0.05, 0) is 37.0 Å². The Morgan fingerprint density at radius 1 is 1.21 bits per heavy atom. The molecule has 1 aromatic rings. The molecule has 1 atom stereocenters. The fourth-order valence-electron chi connectivity index (χ4n) is 1.87. The van der Waals surface area contributed by atoms with Gasteiger partial charge in [-0.15, -0.1) is 12.4 Å². The van der Waals surface area contributed by atoms with Gasteiger partial charge in [0.1, 0.15) is 0 Å². The third kappa shape index (κ3) is 3.00. The van der Waals surface area contributed by atoms with Gasteiger partial charge in [-0.2, -0.15) is 0 Å². The minimum absolute atomic E-state index is 0. The van der Waals surface area contributed by atoms with Gasteiger partial charge in [-0.25, -0.2) is 0 Å². The summed E-state index contributed by atoms with van der Waals surface area (Å²) in [4.78, 5) is 0. The van der Waals surface area contributed by atoms with Crippen LogP contribution >= 0.6 is 12.4 Å². The normalized spacial score (nSPS) is 12.0. The third-order valence-electron chi connectivity index (χ3n) is 2.51. The average molecular weight is 214 g/mol. The van der Waals surface area contributed by atoms with Gasteiger partial charge in [0, 0.05) is 6.04 Å². The van der Waals surface area contributed by atoms with Crippen molar-refractivity contribution in [3.8, 4) is 0 Å². The predicted molar refractivity (Wildman–Crippen MR) is 65.0 cm³/mol. The lowest BCUT2D eigenvalue weighted by molar-refractivity contribution is 0.632. The highest BCUT2D eigenvalue weighted by Gasteiger charge is 2.09. The minimum Gasteiger partial charge on any atom is -0.324 e. The van der Waals surface area contributed by atoms with E-state index in [9.17, 15) is 0 Å². The fraction of sp³-hybridized carbons (Fsp3) is 0.500. The summed E-state index contributed by atoms with van der Waals surface area (Å²) < 4.78 is 0. The zero-order valence-corrected chi connectivity index (χ0v) is 10.0. The van der Waals surface area contributed by atoms with E-state index >= 15 is 0 Å². The van der Waals surface area contributed by atoms with Crippen LogP contribution in [0, 0.1) is 13.8 Å². The average Bonchev–Trinajstić information content (AvgIpc) is 2.04. The number of hydrogen-bond donors (Lipinski definition) is 1. The standard InChI is InChI=1S/C12H19N.ClH/c1-4-6-11(13)12-9(2)7-5-8-10(12)3;/h5,7-8,11H,4,6,13H2,1-3H3;1H/t11-;/m0./s1. The van der Waals surface area contributed by atoms with Crippen molar-refractivity contribution < 1.29 is 0 Å². The van der Waals surface area contributed by atoms with Crippen LogP contribution < -0.4 is 5.73 Å². The first kappa shape index (κ1) is 13.5. The van der Waals surface area contributed by atoms with Crippen LogP contribution in [0.5, 0.6) is 0 Å². The summed E-state index contributed by atoms with van der Waals surface area (Å²) >= 11 is 0. The molecule has 0 aliphatic rings. The SMILES string of the molecule is CCC[C@H](N)c1c(C)cccc1C.Cl. The molecule has 1 nitrogen and oxygen atoms in total. The van der Waals surface area contributed by atoms with Crippen LogP contribution in [0.1, 0.15) is 42.5 Å². The first-order chi connectivity index (χ1) is 6.16. The highest BCUT2D eigenvalue weighted by molar-refractivity contribution is 5.85. The lowest BCUT2D eigenvalue weighted by Crippen LogP contribution is -2.12. The summed E-state index contributed by atoms with van der Waals surface area (Å²) in [6.07, 6.45) is 2.22. The summed E-state index contributed by atoms with van der Waals surface area (Å²) in [7, 11) is 0. The van der Waals surface area contributed by atoms with E-state index in [-0.39, 0.29) is 18.4 Å². The van der Waals surface area contributed by atoms with E-state index in [2.05, 4.69) is 39.0 Å². The second kappa shape index (κ2) is 6.05. The molecule has 0 saturated heterocycles. The molecule has 1 rings (SSSR count). The molecular formula is C12H20ClN. The van der Waals surface area contributed by atoms with Crippen molar-refractivity contribution in [3.05, 3.63) is 34.9 Å². The Kier molecular flexibility index (Phi) is 5.82. The highest BCUT2D eigenvalue weighted by Crippen LogP contribution is 2.22. The van der Waals surface area contributed by atoms with Gasteiger partial charge >= 0.3 is 0 Å². The van der Waals surface area contributed by atoms with Crippen molar-refractivity contribution >= 4 is 12.4 Å². The molecule has 2 N–H and O–H groups in total. The molecule has 0 aliphatic heterocycles. The number of benzene rings is 1. The summed E-state index contributed by atoms with van der Waals surface area (Å²) in [5, 5.41) is 0. The number of halogens is 1. The molecule has 0 unspecified atom stereocenters. The van der Waals surface area contributed by atoms with E-state index < -0.39 is 0 Å². The van der Waals surface area contributed by atoms with Crippen molar-refractivity contribution in [2.75, 3.05) is 0 Å². The Morgan fingerprint density at radius 2 is 1.71 bits per heavy atom. The smallest absolute Gasteiger partial charge is 0.0300 e. The fourth-order valence-corrected chi connectivity index (χ4v) is 1.87. The molecule has 0 saturated carbocycles. The van der Waals surface area contributed by atoms with Gasteiger partial charge in [-0.3, -0.25) is 0 Å². The Bertz CT molecular complexity index is 263. The second-order valence-electron chi connectivity index (χ2n) is 3.70. The summed E-state index contributed by atoms with van der Waals surface area (Å²) in [5.41, 5.74) is 10.1. The zero-order valence-electron chi connectivity index (χ0n) is 9.21. The minimum atomic E-state index is 0. The lowest BCUT2D eigenvalue weighted by atomic mass is 9.94. The van der Waals surface area contributed by atoms with Crippen LogP contribution in [0.3, 0.4) is 0 Å². The van der Waals surface area contributed by atoms with Crippen molar-refractivity contribution in [2.24, 2.45) is 5.73 Å². The van der Waals surface area contributed by atoms with E-state index in [1.54, 1.807) is 0 Å². The molecule has 0 amide bonds. The van der Waals surface area contributed by atoms with Crippen LogP contribution in [-0.4, -0.2) is 0 Å². The first-order valence-electron chi connectivity index (χ1n) is 4.98. The van der Waals surface area contributed by atoms with Gasteiger partial charge in [-0.1, -0.05) is 31.5 Å². The molecule has 0 aliphatic carbocycles. The topological polar surface area (TPSA) is 26.0 Å². The lowest BCUT2D eigenvalue weighted by Gasteiger charge is -2.16. The number of hydrogen-bond acceptors (Lipinski definition) is 1. The molecule has 1 aromatic carbocycles. The maximum absolute atomic E-state index is 6.11. The molecule has 0 spiro atoms. The Balaban J connectivity index is 0.00000169. The molecule has 0 radical (unpaired) electrons. The van der Waals surface area contributed by atoms with Gasteiger partial charge in [0.05, 0.1) is 0 Å². The predicted octanol–water partition coefficient (Wildman–Crippen LogP) is 3.53. The van der Waals surface area contributed by atoms with E-state index in [1.165, 1.54) is 16.7 Å². The van der Waals surface area contributed by atoms with Crippen molar-refractivity contribution in [1.82, 2.24) is 0 Å². The van der Waals surface area contributed by atoms with Crippen molar-refractivity contribution in [2.45, 2.75) is 39.7 Å². The molecule has 14 heavy (non-hydrogen) atoms. The number of rotatable bonds is 3. The van der Waals surface area contributed by atoms with E-state index in [0.29, 0.717) is 0 Å². The number of nitrogens with two attached hydrogens (primary N) is 1. The van der Waals surface area contributed by atoms with Crippen LogP contribution in [0.25, 0.3) is 0 Å². The van der Waals surface area contributed by atoms with Crippen molar-refractivity contribution in [3.63, 3.8) is 0 Å². The maximum atomic E-state index is 6.11. The number of aryl methyl sites for hydroxylation is 2. The van der Waals surface area contributed by atoms with Crippen LogP contribution in [-0.2, 0) is 0 Å². The van der Waals surface area contributed by atoms with Gasteiger partial charge in [0.25, 0.3) is 0 Å². The molecule has 0 heterocycles. The molecule has 80 valence electrons. The summed E-state index contributed by atoms with van der Waals surface area (Å²) in [6.45, 7) is 6.45. The molecule has 0 fully saturated rings. The van der Waals surface area contributed by atoms with E-state index in [1.807, 2.05) is 0 Å². The summed E-state index contributed by atoms with van der Waals surface area (Å²) in [5.74, 6) is 0. The quantitative estimate of drug-likeness (QED) is 0.817. The zero-order chi connectivity index (χ0) is 9.84. The van der Waals surface area contributed by atoms with Crippen LogP contribution in [0.4, 0.5) is 0 Å². The van der Waals surface area contributed by atoms with E-state index in [0.717, 1.165) is 12.8 Å². The van der Waals surface area contributed by atoms with Gasteiger partial charge < -0.3 is 5.73 Å². The van der Waals surface area contributed by atoms with Gasteiger partial charge in [0.2, 0.25) is 0 Å². The molecular weight excluding hydrogens is 194 g/mol. The highest BCUT2D eigenvalue weighted by atomic mass is 35.5. The van der Waals surface area contributed by atoms with Gasteiger partial charge in [0.15, 0.2) is 0 Å². The Hall–Kier alpha value is -0.530. The second-order valence-corrected chi connectivity index (χ2v) is 3.70. The maximum Gasteiger partial charge on any atom is 0.0300 e. The van der Waals surface area contributed by atoms with E-state index in [4.69, 9.17) is 5.73 Å². The Labute approximate surface area is 93.1 Å². The largest absolute Gasteiger partial charge is 0.324 e.